The number of hydrogen-bond acceptors (Lipinski definition) is 10. The van der Waals surface area contributed by atoms with Crippen molar-refractivity contribution in [3.63, 3.8) is 0 Å². The molecule has 0 aromatic heterocycles. The molecular formula is C96H124N2O8. The Labute approximate surface area is 636 Å². The summed E-state index contributed by atoms with van der Waals surface area (Å²) in [4.78, 5) is 0. The van der Waals surface area contributed by atoms with Crippen LogP contribution in [0.25, 0.3) is 87.9 Å². The predicted octanol–water partition coefficient (Wildman–Crippen LogP) is 26.5. The second-order valence-corrected chi connectivity index (χ2v) is 33.4. The van der Waals surface area contributed by atoms with Crippen LogP contribution in [0.3, 0.4) is 0 Å². The van der Waals surface area contributed by atoms with E-state index in [4.69, 9.17) is 37.9 Å². The van der Waals surface area contributed by atoms with E-state index in [2.05, 4.69) is 260 Å². The number of nitriles is 2. The Hall–Kier alpha value is -8.60. The Balaban J connectivity index is 1.31. The van der Waals surface area contributed by atoms with Crippen molar-refractivity contribution in [2.75, 3.05) is 52.9 Å². The number of benzene rings is 9. The van der Waals surface area contributed by atoms with Gasteiger partial charge in [0.1, 0.15) is 0 Å². The van der Waals surface area contributed by atoms with Crippen LogP contribution in [0.5, 0.6) is 46.0 Å². The molecule has 9 rings (SSSR count). The molecule has 0 heterocycles. The third-order valence-electron chi connectivity index (χ3n) is 19.7. The summed E-state index contributed by atoms with van der Waals surface area (Å²) in [6.45, 7) is 48.0. The number of unbranched alkanes of at least 4 members (excludes halogenated alkanes) is 2. The largest absolute Gasteiger partial charge is 0.489 e. The van der Waals surface area contributed by atoms with E-state index in [0.29, 0.717) is 157 Å². The first-order valence-electron chi connectivity index (χ1n) is 40.3. The third kappa shape index (κ3) is 21.0. The molecule has 10 nitrogen and oxygen atoms in total. The van der Waals surface area contributed by atoms with Crippen LogP contribution < -0.4 is 37.9 Å². The first kappa shape index (κ1) is 81.5. The smallest absolute Gasteiger partial charge is 0.161 e. The highest BCUT2D eigenvalue weighted by atomic mass is 16.5. The summed E-state index contributed by atoms with van der Waals surface area (Å²) in [6, 6.07) is 40.6. The topological polar surface area (TPSA) is 121 Å². The van der Waals surface area contributed by atoms with Crippen molar-refractivity contribution in [1.29, 1.82) is 10.5 Å². The van der Waals surface area contributed by atoms with Crippen LogP contribution in [0.1, 0.15) is 223 Å². The Morgan fingerprint density at radius 3 is 0.717 bits per heavy atom. The van der Waals surface area contributed by atoms with Crippen LogP contribution in [0.4, 0.5) is 0 Å². The van der Waals surface area contributed by atoms with Gasteiger partial charge in [-0.1, -0.05) is 226 Å². The number of allylic oxidation sites excluding steroid dienone is 2. The van der Waals surface area contributed by atoms with Gasteiger partial charge < -0.3 is 37.9 Å². The molecule has 0 amide bonds. The minimum absolute atomic E-state index is 0.283. The molecule has 0 aliphatic heterocycles. The van der Waals surface area contributed by atoms with Crippen molar-refractivity contribution in [3.05, 3.63) is 130 Å². The molecule has 2 atom stereocenters. The lowest BCUT2D eigenvalue weighted by molar-refractivity contribution is 0.229. The Morgan fingerprint density at radius 1 is 0.302 bits per heavy atom. The maximum Gasteiger partial charge on any atom is 0.161 e. The van der Waals surface area contributed by atoms with E-state index in [0.717, 1.165) is 151 Å². The zero-order valence-electron chi connectivity index (χ0n) is 68.1. The second-order valence-electron chi connectivity index (χ2n) is 33.4. The summed E-state index contributed by atoms with van der Waals surface area (Å²) in [5, 5.41) is 35.6. The van der Waals surface area contributed by atoms with Crippen LogP contribution in [0.15, 0.2) is 97.1 Å². The molecule has 9 aromatic rings. The monoisotopic (exact) mass is 1430 g/mol. The molecule has 0 fully saturated rings. The average Bonchev–Trinajstić information content (AvgIpc) is 0.734. The maximum atomic E-state index is 11.8. The lowest BCUT2D eigenvalue weighted by atomic mass is 9.83. The number of rotatable bonds is 40. The van der Waals surface area contributed by atoms with E-state index in [1.807, 2.05) is 0 Å². The fraction of sp³-hybridized carbons (Fsp3) is 0.500. The van der Waals surface area contributed by atoms with Crippen LogP contribution in [-0.4, -0.2) is 52.9 Å². The molecule has 566 valence electrons. The molecule has 0 saturated carbocycles. The van der Waals surface area contributed by atoms with Gasteiger partial charge in [0.15, 0.2) is 46.0 Å². The highest BCUT2D eigenvalue weighted by Gasteiger charge is 2.25. The van der Waals surface area contributed by atoms with Gasteiger partial charge in [0.25, 0.3) is 0 Å². The van der Waals surface area contributed by atoms with E-state index < -0.39 is 0 Å². The second kappa shape index (κ2) is 38.3. The van der Waals surface area contributed by atoms with Gasteiger partial charge in [0, 0.05) is 0 Å². The van der Waals surface area contributed by atoms with Crippen molar-refractivity contribution < 1.29 is 37.9 Å². The maximum absolute atomic E-state index is 11.8. The molecule has 9 aromatic carbocycles. The van der Waals surface area contributed by atoms with Crippen molar-refractivity contribution in [2.24, 2.45) is 59.2 Å². The van der Waals surface area contributed by atoms with Crippen molar-refractivity contribution >= 4 is 87.9 Å². The molecule has 0 N–H and O–H groups in total. The summed E-state index contributed by atoms with van der Waals surface area (Å²) < 4.78 is 53.2. The number of ether oxygens (including phenoxy) is 8. The number of fused-ring (bicyclic) bond motifs is 12. The standard InChI is InChI=1S/C96H124N2O8/c1-21-25-27-67(23-3)33-71-35-74(38-76(50-98)70-30-32-78-80(40-70)84-44-92(102-54-62(11)12)96(106-58-66(19)20)48-88(84)86-46-94(104-56-64(15)16)90(42-82(78)86)100-52-60(7)8)72(34-68(24-4)28-26-22-2)36-73(71)37-75(49-97)69-29-31-77-79(39-69)83-43-91(101-53-61(9)10)95(105-57-65(17)18)47-87(83)85-45-93(103-55-63(13)14)89(41-81(77)85)99-51-59(5)6/h29-32,35-48,59-68H,21-28,33-34,51-58H2,1-20H3/b75-37+,76-38+. The highest BCUT2D eigenvalue weighted by molar-refractivity contribution is 6.28. The minimum atomic E-state index is 0.283. The van der Waals surface area contributed by atoms with E-state index in [-0.39, 0.29) is 11.8 Å². The van der Waals surface area contributed by atoms with Gasteiger partial charge in [-0.15, -0.1) is 0 Å². The van der Waals surface area contributed by atoms with Crippen molar-refractivity contribution in [3.8, 4) is 58.1 Å². The van der Waals surface area contributed by atoms with Gasteiger partial charge in [-0.2, -0.15) is 10.5 Å². The number of nitrogens with zero attached hydrogens (tertiary/aromatic N) is 2. The van der Waals surface area contributed by atoms with Crippen molar-refractivity contribution in [1.82, 2.24) is 0 Å². The average molecular weight is 1430 g/mol. The highest BCUT2D eigenvalue weighted by Crippen LogP contribution is 2.49. The molecular weight excluding hydrogens is 1310 g/mol. The molecule has 0 aliphatic carbocycles. The van der Waals surface area contributed by atoms with Gasteiger partial charge in [-0.25, -0.2) is 0 Å². The van der Waals surface area contributed by atoms with E-state index in [1.54, 1.807) is 0 Å². The molecule has 0 radical (unpaired) electrons. The van der Waals surface area contributed by atoms with Crippen LogP contribution in [0.2, 0.25) is 0 Å². The SMILES string of the molecule is CCCCC(CC)Cc1cc(/C=C(\C#N)c2ccc3c(c2)c2cc(OCC(C)C)c(OCC(C)C)cc2c2cc(OCC(C)C)c(OCC(C)C)cc32)c(CC(CC)CCCC)cc1/C=C(\C#N)c1ccc2c(c1)c1cc(OCC(C)C)c(OCC(C)C)cc1c1cc(OCC(C)C)c(OCC(C)C)cc21. The number of hydrogen-bond donors (Lipinski definition) is 0. The Kier molecular flexibility index (Phi) is 29.4. The normalized spacial score (nSPS) is 13.0. The lowest BCUT2D eigenvalue weighted by Gasteiger charge is -2.22. The van der Waals surface area contributed by atoms with E-state index in [9.17, 15) is 10.5 Å². The fourth-order valence-corrected chi connectivity index (χ4v) is 13.8. The Bertz CT molecular complexity index is 4340. The molecule has 0 saturated heterocycles. The van der Waals surface area contributed by atoms with Gasteiger partial charge in [-0.05, 0) is 243 Å². The molecule has 10 heteroatoms. The summed E-state index contributed by atoms with van der Waals surface area (Å²) in [6.07, 6.45) is 14.6. The molecule has 2 unspecified atom stereocenters. The van der Waals surface area contributed by atoms with Crippen LogP contribution in [-0.2, 0) is 12.8 Å². The van der Waals surface area contributed by atoms with E-state index >= 15 is 0 Å². The van der Waals surface area contributed by atoms with Gasteiger partial charge >= 0.3 is 0 Å². The molecule has 0 aliphatic rings. The van der Waals surface area contributed by atoms with Gasteiger partial charge in [0.2, 0.25) is 0 Å². The minimum Gasteiger partial charge on any atom is -0.489 e. The van der Waals surface area contributed by atoms with Gasteiger partial charge in [-0.3, -0.25) is 0 Å². The summed E-state index contributed by atoms with van der Waals surface area (Å²) in [5.74, 6) is 8.75. The zero-order valence-corrected chi connectivity index (χ0v) is 68.1. The molecule has 0 bridgehead atoms. The van der Waals surface area contributed by atoms with Gasteiger partial charge in [0.05, 0.1) is 76.1 Å². The lowest BCUT2D eigenvalue weighted by Crippen LogP contribution is -2.09. The fourth-order valence-electron chi connectivity index (χ4n) is 13.8. The van der Waals surface area contributed by atoms with Crippen molar-refractivity contribution in [2.45, 2.75) is 203 Å². The van der Waals surface area contributed by atoms with Crippen LogP contribution in [0, 0.1) is 81.8 Å². The van der Waals surface area contributed by atoms with E-state index in [1.165, 1.54) is 11.1 Å². The quantitative estimate of drug-likeness (QED) is 0.0208. The first-order valence-corrected chi connectivity index (χ1v) is 40.3. The molecule has 0 spiro atoms. The predicted molar refractivity (Wildman–Crippen MR) is 448 cm³/mol. The Morgan fingerprint density at radius 2 is 0.519 bits per heavy atom. The summed E-state index contributed by atoms with van der Waals surface area (Å²) in [7, 11) is 0. The van der Waals surface area contributed by atoms with Crippen LogP contribution >= 0.6 is 0 Å². The zero-order chi connectivity index (χ0) is 76.5. The summed E-state index contributed by atoms with van der Waals surface area (Å²) >= 11 is 0. The summed E-state index contributed by atoms with van der Waals surface area (Å²) in [5.41, 5.74) is 7.18. The third-order valence-corrected chi connectivity index (χ3v) is 19.7. The molecule has 106 heavy (non-hydrogen) atoms. The first-order chi connectivity index (χ1) is 50.8.